The van der Waals surface area contributed by atoms with Gasteiger partial charge in [0.15, 0.2) is 0 Å². The van der Waals surface area contributed by atoms with Crippen molar-refractivity contribution in [3.05, 3.63) is 102 Å². The summed E-state index contributed by atoms with van der Waals surface area (Å²) in [5.41, 5.74) is 4.37. The molecule has 4 aromatic rings. The van der Waals surface area contributed by atoms with Crippen molar-refractivity contribution in [1.29, 1.82) is 0 Å². The largest absolute Gasteiger partial charge is 0.495 e. The van der Waals surface area contributed by atoms with Gasteiger partial charge in [-0.2, -0.15) is 5.10 Å². The third kappa shape index (κ3) is 5.56. The van der Waals surface area contributed by atoms with Gasteiger partial charge in [0.25, 0.3) is 0 Å². The predicted octanol–water partition coefficient (Wildman–Crippen LogP) is 4.46. The Hall–Kier alpha value is -4.98. The number of carbonyl (C=O) groups excluding carboxylic acids is 3. The van der Waals surface area contributed by atoms with E-state index in [1.807, 2.05) is 43.3 Å². The average Bonchev–Trinajstić information content (AvgIpc) is 2.89. The molecular weight excluding hydrogens is 458 g/mol. The molecule has 0 aliphatic carbocycles. The first kappa shape index (κ1) is 24.2. The third-order valence-electron chi connectivity index (χ3n) is 5.31. The number of amides is 2. The van der Waals surface area contributed by atoms with E-state index in [9.17, 15) is 14.4 Å². The highest BCUT2D eigenvalue weighted by Gasteiger charge is 2.16. The first-order chi connectivity index (χ1) is 17.5. The van der Waals surface area contributed by atoms with Crippen molar-refractivity contribution < 1.29 is 23.9 Å². The fraction of sp³-hybridized carbons (Fsp3) is 0.0714. The van der Waals surface area contributed by atoms with Gasteiger partial charge in [0.05, 0.1) is 24.6 Å². The molecule has 0 saturated heterocycles. The van der Waals surface area contributed by atoms with Crippen LogP contribution >= 0.6 is 0 Å². The Bertz CT molecular complexity index is 1480. The summed E-state index contributed by atoms with van der Waals surface area (Å²) < 4.78 is 10.8. The monoisotopic (exact) mass is 481 g/mol. The molecule has 2 amide bonds. The first-order valence-corrected chi connectivity index (χ1v) is 11.0. The lowest BCUT2D eigenvalue weighted by Gasteiger charge is -2.11. The summed E-state index contributed by atoms with van der Waals surface area (Å²) in [6.45, 7) is 1.89. The van der Waals surface area contributed by atoms with Crippen molar-refractivity contribution in [2.24, 2.45) is 5.10 Å². The predicted molar refractivity (Wildman–Crippen MR) is 137 cm³/mol. The molecule has 2 N–H and O–H groups in total. The summed E-state index contributed by atoms with van der Waals surface area (Å²) in [4.78, 5) is 37.4. The van der Waals surface area contributed by atoms with Gasteiger partial charge in [-0.25, -0.2) is 10.2 Å². The number of nitrogens with one attached hydrogen (secondary N) is 2. The molecule has 8 heteroatoms. The van der Waals surface area contributed by atoms with Crippen molar-refractivity contribution in [1.82, 2.24) is 5.43 Å². The summed E-state index contributed by atoms with van der Waals surface area (Å²) in [5, 5.41) is 8.06. The Labute approximate surface area is 207 Å². The van der Waals surface area contributed by atoms with Crippen molar-refractivity contribution in [2.45, 2.75) is 6.92 Å². The number of fused-ring (bicyclic) bond motifs is 1. The van der Waals surface area contributed by atoms with Gasteiger partial charge >= 0.3 is 17.8 Å². The van der Waals surface area contributed by atoms with Gasteiger partial charge < -0.3 is 14.8 Å². The van der Waals surface area contributed by atoms with Crippen LogP contribution < -0.4 is 20.2 Å². The lowest BCUT2D eigenvalue weighted by atomic mass is 10.0. The molecule has 0 aromatic heterocycles. The van der Waals surface area contributed by atoms with E-state index in [2.05, 4.69) is 15.8 Å². The molecule has 0 fully saturated rings. The summed E-state index contributed by atoms with van der Waals surface area (Å²) >= 11 is 0. The maximum Gasteiger partial charge on any atom is 0.343 e. The molecule has 0 spiro atoms. The maximum atomic E-state index is 12.8. The number of carbonyl (C=O) groups is 3. The van der Waals surface area contributed by atoms with Crippen LogP contribution in [0, 0.1) is 6.92 Å². The number of hydrogen-bond acceptors (Lipinski definition) is 6. The van der Waals surface area contributed by atoms with E-state index in [-0.39, 0.29) is 5.75 Å². The second kappa shape index (κ2) is 11.0. The van der Waals surface area contributed by atoms with Crippen LogP contribution in [-0.4, -0.2) is 31.1 Å². The summed E-state index contributed by atoms with van der Waals surface area (Å²) in [6, 6.07) is 24.7. The molecular formula is C28H23N3O5. The molecule has 4 rings (SSSR count). The molecule has 0 aliphatic rings. The molecule has 4 aromatic carbocycles. The Morgan fingerprint density at radius 1 is 0.833 bits per heavy atom. The number of aryl methyl sites for hydroxylation is 1. The van der Waals surface area contributed by atoms with Crippen LogP contribution in [0.25, 0.3) is 10.8 Å². The van der Waals surface area contributed by atoms with Gasteiger partial charge in [-0.3, -0.25) is 9.59 Å². The van der Waals surface area contributed by atoms with Gasteiger partial charge in [0, 0.05) is 5.56 Å². The fourth-order valence-electron chi connectivity index (χ4n) is 3.56. The summed E-state index contributed by atoms with van der Waals surface area (Å²) in [6.07, 6.45) is 1.34. The van der Waals surface area contributed by atoms with E-state index in [0.717, 1.165) is 16.3 Å². The van der Waals surface area contributed by atoms with E-state index < -0.39 is 17.8 Å². The van der Waals surface area contributed by atoms with E-state index >= 15 is 0 Å². The van der Waals surface area contributed by atoms with Crippen molar-refractivity contribution in [3.63, 3.8) is 0 Å². The molecule has 0 aliphatic heterocycles. The fourth-order valence-corrected chi connectivity index (χ4v) is 3.56. The van der Waals surface area contributed by atoms with Crippen LogP contribution in [0.5, 0.6) is 11.5 Å². The zero-order valence-corrected chi connectivity index (χ0v) is 19.6. The molecule has 0 unspecified atom stereocenters. The minimum atomic E-state index is -0.976. The highest BCUT2D eigenvalue weighted by atomic mass is 16.5. The standard InChI is InChI=1S/C28H23N3O5/c1-18-8-7-10-20(16-18)28(34)36-24-15-14-19-9-3-4-11-21(19)22(24)17-29-31-27(33)26(32)30-23-12-5-6-13-25(23)35-2/h3-17H,1-2H3,(H,30,32)(H,31,33). The smallest absolute Gasteiger partial charge is 0.343 e. The number of nitrogens with zero attached hydrogens (tertiary/aromatic N) is 1. The van der Waals surface area contributed by atoms with E-state index in [1.165, 1.54) is 13.3 Å². The normalized spacial score (nSPS) is 10.7. The lowest BCUT2D eigenvalue weighted by molar-refractivity contribution is -0.136. The van der Waals surface area contributed by atoms with Crippen molar-refractivity contribution in [3.8, 4) is 11.5 Å². The average molecular weight is 482 g/mol. The SMILES string of the molecule is COc1ccccc1NC(=O)C(=O)NN=Cc1c(OC(=O)c2cccc(C)c2)ccc2ccccc12. The second-order valence-corrected chi connectivity index (χ2v) is 7.81. The van der Waals surface area contributed by atoms with Crippen LogP contribution in [0.3, 0.4) is 0 Å². The van der Waals surface area contributed by atoms with E-state index in [0.29, 0.717) is 22.6 Å². The minimum Gasteiger partial charge on any atom is -0.495 e. The molecule has 180 valence electrons. The van der Waals surface area contributed by atoms with Crippen LogP contribution in [0.1, 0.15) is 21.5 Å². The van der Waals surface area contributed by atoms with E-state index in [1.54, 1.807) is 48.5 Å². The Kier molecular flexibility index (Phi) is 7.36. The first-order valence-electron chi connectivity index (χ1n) is 11.0. The number of para-hydroxylation sites is 2. The zero-order chi connectivity index (χ0) is 25.5. The molecule has 36 heavy (non-hydrogen) atoms. The third-order valence-corrected chi connectivity index (χ3v) is 5.31. The Morgan fingerprint density at radius 2 is 1.61 bits per heavy atom. The van der Waals surface area contributed by atoms with Crippen LogP contribution in [-0.2, 0) is 9.59 Å². The highest BCUT2D eigenvalue weighted by molar-refractivity contribution is 6.39. The number of ether oxygens (including phenoxy) is 2. The van der Waals surface area contributed by atoms with E-state index in [4.69, 9.17) is 9.47 Å². The van der Waals surface area contributed by atoms with Gasteiger partial charge in [-0.15, -0.1) is 0 Å². The quantitative estimate of drug-likeness (QED) is 0.139. The number of methoxy groups -OCH3 is 1. The number of benzene rings is 4. The topological polar surface area (TPSA) is 106 Å². The highest BCUT2D eigenvalue weighted by Crippen LogP contribution is 2.27. The van der Waals surface area contributed by atoms with Gasteiger partial charge in [0.2, 0.25) is 0 Å². The van der Waals surface area contributed by atoms with Crippen LogP contribution in [0.15, 0.2) is 90.0 Å². The Balaban J connectivity index is 1.54. The summed E-state index contributed by atoms with van der Waals surface area (Å²) in [7, 11) is 1.46. The molecule has 0 bridgehead atoms. The molecule has 8 nitrogen and oxygen atoms in total. The van der Waals surface area contributed by atoms with Gasteiger partial charge in [-0.05, 0) is 48.0 Å². The van der Waals surface area contributed by atoms with Crippen molar-refractivity contribution in [2.75, 3.05) is 12.4 Å². The number of anilines is 1. The Morgan fingerprint density at radius 3 is 2.42 bits per heavy atom. The number of esters is 1. The number of rotatable bonds is 6. The van der Waals surface area contributed by atoms with Gasteiger partial charge in [-0.1, -0.05) is 60.2 Å². The zero-order valence-electron chi connectivity index (χ0n) is 19.6. The molecule has 0 heterocycles. The number of hydrogen-bond donors (Lipinski definition) is 2. The van der Waals surface area contributed by atoms with Crippen LogP contribution in [0.2, 0.25) is 0 Å². The molecule has 0 saturated carbocycles. The maximum absolute atomic E-state index is 12.8. The number of hydrazone groups is 1. The molecule has 0 atom stereocenters. The second-order valence-electron chi connectivity index (χ2n) is 7.81. The lowest BCUT2D eigenvalue weighted by Crippen LogP contribution is -2.32. The summed E-state index contributed by atoms with van der Waals surface area (Å²) in [5.74, 6) is -1.74. The van der Waals surface area contributed by atoms with Crippen molar-refractivity contribution >= 4 is 40.5 Å². The molecule has 0 radical (unpaired) electrons. The van der Waals surface area contributed by atoms with Gasteiger partial charge in [0.1, 0.15) is 11.5 Å². The van der Waals surface area contributed by atoms with Crippen LogP contribution in [0.4, 0.5) is 5.69 Å². The minimum absolute atomic E-state index is 0.261.